The molecule has 1 aromatic carbocycles. The van der Waals surface area contributed by atoms with E-state index in [0.717, 1.165) is 11.5 Å². The Morgan fingerprint density at radius 3 is 2.65 bits per heavy atom. The average molecular weight is 336 g/mol. The fourth-order valence-electron chi connectivity index (χ4n) is 2.31. The largest absolute Gasteiger partial charge is 0.444 e. The number of carbonyl (C=O) groups is 1. The third-order valence-electron chi connectivity index (χ3n) is 3.32. The molecule has 0 radical (unpaired) electrons. The molecule has 0 N–H and O–H groups in total. The summed E-state index contributed by atoms with van der Waals surface area (Å²) in [5.41, 5.74) is 0.397. The molecule has 23 heavy (non-hydrogen) atoms. The molecule has 1 atom stereocenters. The number of thioether (sulfide) groups is 1. The predicted octanol–water partition coefficient (Wildman–Crippen LogP) is 3.65. The number of likely N-dealkylation sites (tertiary alicyclic amines) is 1. The molecular weight excluding hydrogens is 312 g/mol. The maximum Gasteiger partial charge on any atom is 0.410 e. The number of hydrogen-bond donors (Lipinski definition) is 0. The molecule has 0 aromatic heterocycles. The van der Waals surface area contributed by atoms with Crippen molar-refractivity contribution in [2.75, 3.05) is 26.0 Å². The topological polar surface area (TPSA) is 51.1 Å². The fourth-order valence-corrected chi connectivity index (χ4v) is 3.35. The summed E-state index contributed by atoms with van der Waals surface area (Å²) in [4.78, 5) is 20.1. The lowest BCUT2D eigenvalue weighted by Crippen LogP contribution is -2.35. The second-order valence-electron chi connectivity index (χ2n) is 6.45. The van der Waals surface area contributed by atoms with E-state index < -0.39 is 5.60 Å². The summed E-state index contributed by atoms with van der Waals surface area (Å²) in [5.74, 6) is 1.03. The molecule has 0 aliphatic carbocycles. The van der Waals surface area contributed by atoms with Crippen LogP contribution in [0.25, 0.3) is 0 Å². The van der Waals surface area contributed by atoms with Crippen molar-refractivity contribution in [3.8, 4) is 0 Å². The Morgan fingerprint density at radius 1 is 1.35 bits per heavy atom. The van der Waals surface area contributed by atoms with E-state index in [-0.39, 0.29) is 12.0 Å². The van der Waals surface area contributed by atoms with Crippen LogP contribution >= 0.6 is 11.8 Å². The first kappa shape index (κ1) is 17.7. The predicted molar refractivity (Wildman–Crippen MR) is 92.9 cm³/mol. The summed E-state index contributed by atoms with van der Waals surface area (Å²) >= 11 is 1.76. The molecule has 1 aliphatic rings. The zero-order valence-corrected chi connectivity index (χ0v) is 14.9. The van der Waals surface area contributed by atoms with Gasteiger partial charge in [0.25, 0.3) is 0 Å². The van der Waals surface area contributed by atoms with Gasteiger partial charge >= 0.3 is 6.09 Å². The van der Waals surface area contributed by atoms with Gasteiger partial charge in [0, 0.05) is 23.1 Å². The van der Waals surface area contributed by atoms with E-state index in [1.165, 1.54) is 12.0 Å². The third kappa shape index (κ3) is 5.46. The van der Waals surface area contributed by atoms with Crippen LogP contribution in [0.4, 0.5) is 4.79 Å². The SMILES string of the molecule is CO/N=C1\CN(C(=O)OC(C)(C)C)CC1CSc1ccccc1. The van der Waals surface area contributed by atoms with Crippen molar-refractivity contribution in [1.82, 2.24) is 4.90 Å². The maximum absolute atomic E-state index is 12.2. The van der Waals surface area contributed by atoms with Gasteiger partial charge in [-0.3, -0.25) is 0 Å². The van der Waals surface area contributed by atoms with Gasteiger partial charge in [-0.1, -0.05) is 23.4 Å². The Balaban J connectivity index is 1.98. The molecular formula is C17H24N2O3S. The Bertz CT molecular complexity index is 555. The smallest absolute Gasteiger partial charge is 0.410 e. The molecule has 0 spiro atoms. The average Bonchev–Trinajstić information content (AvgIpc) is 2.88. The van der Waals surface area contributed by atoms with Gasteiger partial charge in [-0.25, -0.2) is 4.79 Å². The molecule has 126 valence electrons. The van der Waals surface area contributed by atoms with E-state index in [9.17, 15) is 4.79 Å². The molecule has 0 saturated carbocycles. The quantitative estimate of drug-likeness (QED) is 0.622. The van der Waals surface area contributed by atoms with E-state index in [1.54, 1.807) is 16.7 Å². The number of carbonyl (C=O) groups excluding carboxylic acids is 1. The highest BCUT2D eigenvalue weighted by molar-refractivity contribution is 7.99. The van der Waals surface area contributed by atoms with Crippen LogP contribution in [0, 0.1) is 5.92 Å². The lowest BCUT2D eigenvalue weighted by Gasteiger charge is -2.24. The van der Waals surface area contributed by atoms with Crippen molar-refractivity contribution in [3.05, 3.63) is 30.3 Å². The normalized spacial score (nSPS) is 19.9. The van der Waals surface area contributed by atoms with Crippen LogP contribution in [0.2, 0.25) is 0 Å². The minimum Gasteiger partial charge on any atom is -0.444 e. The van der Waals surface area contributed by atoms with Gasteiger partial charge in [0.1, 0.15) is 12.7 Å². The van der Waals surface area contributed by atoms with Gasteiger partial charge in [-0.15, -0.1) is 11.8 Å². The van der Waals surface area contributed by atoms with E-state index >= 15 is 0 Å². The first-order valence-corrected chi connectivity index (χ1v) is 8.63. The molecule has 1 amide bonds. The van der Waals surface area contributed by atoms with Crippen molar-refractivity contribution in [3.63, 3.8) is 0 Å². The van der Waals surface area contributed by atoms with Crippen LogP contribution in [0.3, 0.4) is 0 Å². The molecule has 1 aliphatic heterocycles. The second-order valence-corrected chi connectivity index (χ2v) is 7.54. The fraction of sp³-hybridized carbons (Fsp3) is 0.529. The number of nitrogens with zero attached hydrogens (tertiary/aromatic N) is 2. The second kappa shape index (κ2) is 7.73. The molecule has 1 unspecified atom stereocenters. The van der Waals surface area contributed by atoms with Crippen LogP contribution in [0.5, 0.6) is 0 Å². The monoisotopic (exact) mass is 336 g/mol. The molecule has 1 heterocycles. The summed E-state index contributed by atoms with van der Waals surface area (Å²) in [6.07, 6.45) is -0.298. The molecule has 0 bridgehead atoms. The first-order chi connectivity index (χ1) is 10.9. The third-order valence-corrected chi connectivity index (χ3v) is 4.49. The summed E-state index contributed by atoms with van der Waals surface area (Å²) in [5, 5.41) is 4.10. The molecule has 5 nitrogen and oxygen atoms in total. The van der Waals surface area contributed by atoms with Crippen molar-refractivity contribution in [1.29, 1.82) is 0 Å². The van der Waals surface area contributed by atoms with Gasteiger partial charge in [-0.05, 0) is 32.9 Å². The number of ether oxygens (including phenoxy) is 1. The number of benzene rings is 1. The number of rotatable bonds is 4. The van der Waals surface area contributed by atoms with Crippen molar-refractivity contribution < 1.29 is 14.4 Å². The van der Waals surface area contributed by atoms with Crippen LogP contribution in [0.1, 0.15) is 20.8 Å². The first-order valence-electron chi connectivity index (χ1n) is 7.65. The number of amides is 1. The van der Waals surface area contributed by atoms with Gasteiger partial charge in [-0.2, -0.15) is 0 Å². The van der Waals surface area contributed by atoms with E-state index in [1.807, 2.05) is 39.0 Å². The Morgan fingerprint density at radius 2 is 2.04 bits per heavy atom. The van der Waals surface area contributed by atoms with Crippen molar-refractivity contribution >= 4 is 23.6 Å². The van der Waals surface area contributed by atoms with E-state index in [0.29, 0.717) is 13.1 Å². The molecule has 1 aromatic rings. The lowest BCUT2D eigenvalue weighted by molar-refractivity contribution is 0.0294. The van der Waals surface area contributed by atoms with Gasteiger partial charge < -0.3 is 14.5 Å². The zero-order valence-electron chi connectivity index (χ0n) is 14.1. The molecule has 2 rings (SSSR count). The molecule has 1 fully saturated rings. The van der Waals surface area contributed by atoms with E-state index in [2.05, 4.69) is 17.3 Å². The minimum absolute atomic E-state index is 0.174. The maximum atomic E-state index is 12.2. The summed E-state index contributed by atoms with van der Waals surface area (Å²) in [7, 11) is 1.53. The van der Waals surface area contributed by atoms with Crippen LogP contribution in [-0.2, 0) is 9.57 Å². The van der Waals surface area contributed by atoms with Gasteiger partial charge in [0.2, 0.25) is 0 Å². The number of oxime groups is 1. The highest BCUT2D eigenvalue weighted by atomic mass is 32.2. The van der Waals surface area contributed by atoms with Crippen molar-refractivity contribution in [2.45, 2.75) is 31.3 Å². The zero-order chi connectivity index (χ0) is 16.9. The van der Waals surface area contributed by atoms with Gasteiger partial charge in [0.15, 0.2) is 0 Å². The van der Waals surface area contributed by atoms with E-state index in [4.69, 9.17) is 9.57 Å². The van der Waals surface area contributed by atoms with Crippen LogP contribution < -0.4 is 0 Å². The van der Waals surface area contributed by atoms with Gasteiger partial charge in [0.05, 0.1) is 12.3 Å². The van der Waals surface area contributed by atoms with Crippen molar-refractivity contribution in [2.24, 2.45) is 11.1 Å². The van der Waals surface area contributed by atoms with Crippen LogP contribution in [0.15, 0.2) is 40.4 Å². The highest BCUT2D eigenvalue weighted by Gasteiger charge is 2.34. The molecule has 1 saturated heterocycles. The Kier molecular flexibility index (Phi) is 5.93. The summed E-state index contributed by atoms with van der Waals surface area (Å²) in [6, 6.07) is 10.2. The molecule has 6 heteroatoms. The lowest BCUT2D eigenvalue weighted by atomic mass is 10.1. The summed E-state index contributed by atoms with van der Waals surface area (Å²) in [6.45, 7) is 6.68. The highest BCUT2D eigenvalue weighted by Crippen LogP contribution is 2.26. The number of hydrogen-bond acceptors (Lipinski definition) is 5. The standard InChI is InChI=1S/C17H24N2O3S/c1-17(2,3)22-16(20)19-10-13(15(11-19)18-21-4)12-23-14-8-6-5-7-9-14/h5-9,13H,10-12H2,1-4H3/b18-15+. The Labute approximate surface area is 142 Å². The van der Waals surface area contributed by atoms with Crippen LogP contribution in [-0.4, -0.2) is 48.3 Å². The minimum atomic E-state index is -0.494. The summed E-state index contributed by atoms with van der Waals surface area (Å²) < 4.78 is 5.44. The Hall–Kier alpha value is -1.69.